The molecule has 0 radical (unpaired) electrons. The molecular weight excluding hydrogens is 250 g/mol. The second-order valence-electron chi connectivity index (χ2n) is 6.66. The van der Waals surface area contributed by atoms with Gasteiger partial charge >= 0.3 is 0 Å². The number of fused-ring (bicyclic) bond motifs is 2. The Hall–Kier alpha value is -0.130. The van der Waals surface area contributed by atoms with Gasteiger partial charge in [-0.25, -0.2) is 0 Å². The third-order valence-electron chi connectivity index (χ3n) is 5.34. The maximum atomic E-state index is 10.6. The van der Waals surface area contributed by atoms with E-state index in [4.69, 9.17) is 4.55 Å². The average Bonchev–Trinajstić information content (AvgIpc) is 2.24. The molecule has 18 heavy (non-hydrogen) atoms. The minimum Gasteiger partial charge on any atom is -0.314 e. The van der Waals surface area contributed by atoms with Crippen LogP contribution in [0.25, 0.3) is 0 Å². The first-order chi connectivity index (χ1) is 8.22. The molecule has 2 bridgehead atoms. The van der Waals surface area contributed by atoms with Crippen LogP contribution >= 0.6 is 0 Å². The fourth-order valence-corrected chi connectivity index (χ4v) is 4.47. The van der Waals surface area contributed by atoms with Gasteiger partial charge in [-0.05, 0) is 49.0 Å². The van der Waals surface area contributed by atoms with Gasteiger partial charge in [0, 0.05) is 6.04 Å². The fourth-order valence-electron chi connectivity index (χ4n) is 3.96. The van der Waals surface area contributed by atoms with Crippen molar-refractivity contribution in [3.63, 3.8) is 0 Å². The van der Waals surface area contributed by atoms with E-state index in [2.05, 4.69) is 26.1 Å². The van der Waals surface area contributed by atoms with Crippen LogP contribution in [-0.2, 0) is 10.1 Å². The predicted molar refractivity (Wildman–Crippen MR) is 72.0 cm³/mol. The first-order valence-corrected chi connectivity index (χ1v) is 8.51. The molecule has 0 amide bonds. The average molecular weight is 275 g/mol. The predicted octanol–water partition coefficient (Wildman–Crippen LogP) is 1.92. The molecule has 4 atom stereocenters. The molecule has 0 aromatic heterocycles. The smallest absolute Gasteiger partial charge is 0.264 e. The molecule has 3 fully saturated rings. The zero-order valence-electron chi connectivity index (χ0n) is 11.5. The Kier molecular flexibility index (Phi) is 3.78. The van der Waals surface area contributed by atoms with Gasteiger partial charge < -0.3 is 5.32 Å². The zero-order valence-corrected chi connectivity index (χ0v) is 12.3. The molecule has 2 unspecified atom stereocenters. The van der Waals surface area contributed by atoms with Crippen LogP contribution in [0, 0.1) is 23.2 Å². The Morgan fingerprint density at radius 3 is 2.50 bits per heavy atom. The second-order valence-corrected chi connectivity index (χ2v) is 8.23. The van der Waals surface area contributed by atoms with Crippen LogP contribution in [0.2, 0.25) is 0 Å². The molecule has 0 aliphatic heterocycles. The Morgan fingerprint density at radius 1 is 1.33 bits per heavy atom. The van der Waals surface area contributed by atoms with Crippen LogP contribution in [0.5, 0.6) is 0 Å². The second kappa shape index (κ2) is 4.76. The first kappa shape index (κ1) is 14.3. The normalized spacial score (nSPS) is 38.2. The van der Waals surface area contributed by atoms with Crippen molar-refractivity contribution < 1.29 is 13.0 Å². The molecule has 3 aliphatic rings. The molecule has 0 spiro atoms. The summed E-state index contributed by atoms with van der Waals surface area (Å²) in [5, 5.41) is 3.47. The maximum absolute atomic E-state index is 10.6. The van der Waals surface area contributed by atoms with Gasteiger partial charge in [-0.2, -0.15) is 8.42 Å². The summed E-state index contributed by atoms with van der Waals surface area (Å²) < 4.78 is 29.9. The van der Waals surface area contributed by atoms with Gasteiger partial charge in [0.2, 0.25) is 0 Å². The fraction of sp³-hybridized carbons (Fsp3) is 1.00. The Balaban J connectivity index is 1.76. The molecule has 3 saturated carbocycles. The topological polar surface area (TPSA) is 66.4 Å². The summed E-state index contributed by atoms with van der Waals surface area (Å²) in [5.41, 5.74) is 0.492. The summed E-state index contributed by atoms with van der Waals surface area (Å²) in [6, 6.07) is 0.517. The van der Waals surface area contributed by atoms with E-state index in [9.17, 15) is 8.42 Å². The van der Waals surface area contributed by atoms with Crippen molar-refractivity contribution in [1.29, 1.82) is 0 Å². The van der Waals surface area contributed by atoms with Gasteiger partial charge in [-0.15, -0.1) is 0 Å². The summed E-state index contributed by atoms with van der Waals surface area (Å²) in [5.74, 6) is 2.14. The lowest BCUT2D eigenvalue weighted by Crippen LogP contribution is -2.60. The van der Waals surface area contributed by atoms with E-state index in [1.165, 1.54) is 12.8 Å². The lowest BCUT2D eigenvalue weighted by Gasteiger charge is -2.62. The third kappa shape index (κ3) is 2.73. The number of nitrogens with one attached hydrogen (secondary N) is 1. The van der Waals surface area contributed by atoms with Gasteiger partial charge in [-0.3, -0.25) is 4.55 Å². The molecule has 5 heteroatoms. The highest BCUT2D eigenvalue weighted by atomic mass is 32.2. The highest BCUT2D eigenvalue weighted by Crippen LogP contribution is 2.61. The highest BCUT2D eigenvalue weighted by Gasteiger charge is 2.55. The molecule has 106 valence electrons. The van der Waals surface area contributed by atoms with Gasteiger partial charge in [-0.1, -0.05) is 20.8 Å². The van der Waals surface area contributed by atoms with Gasteiger partial charge in [0.15, 0.2) is 0 Å². The van der Waals surface area contributed by atoms with Gasteiger partial charge in [0.05, 0.1) is 5.75 Å². The molecule has 3 aliphatic carbocycles. The summed E-state index contributed by atoms with van der Waals surface area (Å²) in [6.07, 6.45) is 3.05. The minimum atomic E-state index is -3.80. The van der Waals surface area contributed by atoms with Gasteiger partial charge in [0.1, 0.15) is 0 Å². The van der Waals surface area contributed by atoms with Crippen molar-refractivity contribution >= 4 is 10.1 Å². The SMILES string of the molecule is C[C@@H]1C2CC(C[C@H]1NCCCS(=O)(=O)O)C2(C)C. The molecule has 0 aromatic carbocycles. The van der Waals surface area contributed by atoms with Crippen LogP contribution in [0.4, 0.5) is 0 Å². The van der Waals surface area contributed by atoms with Crippen molar-refractivity contribution in [3.05, 3.63) is 0 Å². The minimum absolute atomic E-state index is 0.139. The van der Waals surface area contributed by atoms with E-state index in [0.717, 1.165) is 11.8 Å². The van der Waals surface area contributed by atoms with E-state index in [1.807, 2.05) is 0 Å². The standard InChI is InChI=1S/C13H25NO3S/c1-9-11-7-10(13(11,2)3)8-12(9)14-5-4-6-18(15,16)17/h9-12,14H,4-8H2,1-3H3,(H,15,16,17)/t9-,10?,11?,12-/m1/s1. The summed E-state index contributed by atoms with van der Waals surface area (Å²) in [7, 11) is -3.80. The molecule has 3 rings (SSSR count). The maximum Gasteiger partial charge on any atom is 0.264 e. The molecule has 0 aromatic rings. The van der Waals surface area contributed by atoms with Crippen molar-refractivity contribution in [2.75, 3.05) is 12.3 Å². The van der Waals surface area contributed by atoms with Crippen molar-refractivity contribution in [3.8, 4) is 0 Å². The number of hydrogen-bond donors (Lipinski definition) is 2. The quantitative estimate of drug-likeness (QED) is 0.594. The van der Waals surface area contributed by atoms with Crippen molar-refractivity contribution in [2.45, 2.75) is 46.1 Å². The van der Waals surface area contributed by atoms with E-state index in [0.29, 0.717) is 30.3 Å². The lowest BCUT2D eigenvalue weighted by atomic mass is 9.45. The zero-order chi connectivity index (χ0) is 13.6. The first-order valence-electron chi connectivity index (χ1n) is 6.90. The summed E-state index contributed by atoms with van der Waals surface area (Å²) in [4.78, 5) is 0. The van der Waals surface area contributed by atoms with Crippen molar-refractivity contribution in [2.24, 2.45) is 23.2 Å². The molecule has 0 saturated heterocycles. The molecule has 4 nitrogen and oxygen atoms in total. The van der Waals surface area contributed by atoms with Gasteiger partial charge in [0.25, 0.3) is 10.1 Å². The van der Waals surface area contributed by atoms with Crippen LogP contribution in [0.3, 0.4) is 0 Å². The van der Waals surface area contributed by atoms with E-state index in [-0.39, 0.29) is 5.75 Å². The van der Waals surface area contributed by atoms with Crippen LogP contribution < -0.4 is 5.32 Å². The Labute approximate surface area is 110 Å². The summed E-state index contributed by atoms with van der Waals surface area (Å²) in [6.45, 7) is 7.73. The van der Waals surface area contributed by atoms with Crippen LogP contribution in [0.15, 0.2) is 0 Å². The van der Waals surface area contributed by atoms with E-state index < -0.39 is 10.1 Å². The van der Waals surface area contributed by atoms with E-state index in [1.54, 1.807) is 0 Å². The molecule has 0 heterocycles. The number of hydrogen-bond acceptors (Lipinski definition) is 3. The van der Waals surface area contributed by atoms with Crippen molar-refractivity contribution in [1.82, 2.24) is 5.32 Å². The monoisotopic (exact) mass is 275 g/mol. The number of rotatable bonds is 5. The lowest BCUT2D eigenvalue weighted by molar-refractivity contribution is -0.114. The Morgan fingerprint density at radius 2 is 2.00 bits per heavy atom. The highest BCUT2D eigenvalue weighted by molar-refractivity contribution is 7.85. The molecule has 2 N–H and O–H groups in total. The summed E-state index contributed by atoms with van der Waals surface area (Å²) >= 11 is 0. The third-order valence-corrected chi connectivity index (χ3v) is 6.14. The Bertz CT molecular complexity index is 404. The van der Waals surface area contributed by atoms with E-state index >= 15 is 0 Å². The largest absolute Gasteiger partial charge is 0.314 e. The van der Waals surface area contributed by atoms with Crippen LogP contribution in [-0.4, -0.2) is 31.3 Å². The molecular formula is C13H25NO3S. The van der Waals surface area contributed by atoms with Crippen LogP contribution in [0.1, 0.15) is 40.0 Å².